The number of nitrogens with two attached hydrogens (primary N) is 1. The van der Waals surface area contributed by atoms with Crippen LogP contribution in [0.3, 0.4) is 0 Å². The van der Waals surface area contributed by atoms with Crippen LogP contribution in [0.1, 0.15) is 0 Å². The Morgan fingerprint density at radius 3 is 2.23 bits per heavy atom. The molecule has 0 bridgehead atoms. The Hall–Kier alpha value is -3.95. The Labute approximate surface area is 178 Å². The van der Waals surface area contributed by atoms with E-state index >= 15 is 0 Å². The topological polar surface area (TPSA) is 137 Å². The molecular formula is C22H18N4O4S. The first kappa shape index (κ1) is 20.3. The molecule has 4 aromatic carbocycles. The molecule has 0 fully saturated rings. The molecule has 4 aromatic rings. The smallest absolute Gasteiger partial charge is 0.296 e. The Kier molecular flexibility index (Phi) is 5.28. The number of anilines is 3. The van der Waals surface area contributed by atoms with Crippen LogP contribution in [0.15, 0.2) is 94.0 Å². The van der Waals surface area contributed by atoms with E-state index in [4.69, 9.17) is 5.73 Å². The molecule has 0 radical (unpaired) electrons. The predicted octanol–water partition coefficient (Wildman–Crippen LogP) is 5.53. The standard InChI is InChI=1S/C22H18N4O4S/c23-15-7-10-17(11-8-15)25-26-21-20(31(28,29)30)12-14-6-9-18(13-19(14)22(21)27)24-16-4-2-1-3-5-16/h1-13,24,27H,23H2,(H,28,29,30). The average molecular weight is 434 g/mol. The zero-order valence-electron chi connectivity index (χ0n) is 16.1. The molecule has 0 heterocycles. The number of phenols is 1. The molecule has 0 saturated heterocycles. The first-order chi connectivity index (χ1) is 14.8. The Bertz CT molecular complexity index is 1390. The van der Waals surface area contributed by atoms with Crippen LogP contribution in [-0.2, 0) is 10.1 Å². The van der Waals surface area contributed by atoms with Crippen molar-refractivity contribution in [2.45, 2.75) is 4.90 Å². The second kappa shape index (κ2) is 8.05. The fraction of sp³-hybridized carbons (Fsp3) is 0. The van der Waals surface area contributed by atoms with Crippen LogP contribution < -0.4 is 11.1 Å². The van der Waals surface area contributed by atoms with E-state index in [1.165, 1.54) is 6.07 Å². The van der Waals surface area contributed by atoms with E-state index in [1.54, 1.807) is 42.5 Å². The number of rotatable bonds is 5. The lowest BCUT2D eigenvalue weighted by molar-refractivity contribution is 0.472. The Morgan fingerprint density at radius 1 is 0.839 bits per heavy atom. The summed E-state index contributed by atoms with van der Waals surface area (Å²) in [5.41, 5.74) is 7.73. The molecule has 0 amide bonds. The molecule has 5 N–H and O–H groups in total. The third-order valence-corrected chi connectivity index (χ3v) is 5.42. The number of aromatic hydroxyl groups is 1. The van der Waals surface area contributed by atoms with Crippen molar-refractivity contribution in [2.75, 3.05) is 11.1 Å². The van der Waals surface area contributed by atoms with Crippen LogP contribution in [0, 0.1) is 0 Å². The van der Waals surface area contributed by atoms with Gasteiger partial charge in [0.25, 0.3) is 10.1 Å². The molecule has 0 spiro atoms. The number of hydrogen-bond acceptors (Lipinski definition) is 7. The van der Waals surface area contributed by atoms with E-state index in [1.807, 2.05) is 30.3 Å². The normalized spacial score (nSPS) is 11.8. The number of nitrogen functional groups attached to an aromatic ring is 1. The highest BCUT2D eigenvalue weighted by Crippen LogP contribution is 2.42. The zero-order chi connectivity index (χ0) is 22.0. The van der Waals surface area contributed by atoms with Crippen LogP contribution >= 0.6 is 0 Å². The van der Waals surface area contributed by atoms with Crippen molar-refractivity contribution in [1.29, 1.82) is 0 Å². The molecule has 0 aromatic heterocycles. The highest BCUT2D eigenvalue weighted by molar-refractivity contribution is 7.86. The van der Waals surface area contributed by atoms with Crippen molar-refractivity contribution in [2.24, 2.45) is 10.2 Å². The van der Waals surface area contributed by atoms with Crippen LogP contribution in [0.5, 0.6) is 5.75 Å². The monoisotopic (exact) mass is 434 g/mol. The minimum Gasteiger partial charge on any atom is -0.505 e. The first-order valence-electron chi connectivity index (χ1n) is 9.18. The molecule has 156 valence electrons. The molecule has 0 aliphatic rings. The van der Waals surface area contributed by atoms with Gasteiger partial charge in [-0.1, -0.05) is 24.3 Å². The maximum atomic E-state index is 11.9. The molecular weight excluding hydrogens is 416 g/mol. The first-order valence-corrected chi connectivity index (χ1v) is 10.6. The second-order valence-corrected chi connectivity index (χ2v) is 8.16. The van der Waals surface area contributed by atoms with Crippen LogP contribution in [0.25, 0.3) is 10.8 Å². The van der Waals surface area contributed by atoms with E-state index in [0.29, 0.717) is 27.8 Å². The summed E-state index contributed by atoms with van der Waals surface area (Å²) in [6.07, 6.45) is 0. The molecule has 0 unspecified atom stereocenters. The highest BCUT2D eigenvalue weighted by atomic mass is 32.2. The van der Waals surface area contributed by atoms with Gasteiger partial charge in [0.1, 0.15) is 10.6 Å². The summed E-state index contributed by atoms with van der Waals surface area (Å²) in [5.74, 6) is -0.416. The van der Waals surface area contributed by atoms with Crippen molar-refractivity contribution in [3.63, 3.8) is 0 Å². The number of fused-ring (bicyclic) bond motifs is 1. The molecule has 0 atom stereocenters. The number of azo groups is 1. The Balaban J connectivity index is 1.83. The summed E-state index contributed by atoms with van der Waals surface area (Å²) < 4.78 is 33.5. The van der Waals surface area contributed by atoms with Gasteiger partial charge in [-0.2, -0.15) is 13.5 Å². The van der Waals surface area contributed by atoms with Gasteiger partial charge in [-0.05, 0) is 60.0 Å². The van der Waals surface area contributed by atoms with Crippen molar-refractivity contribution in [3.05, 3.63) is 78.9 Å². The highest BCUT2D eigenvalue weighted by Gasteiger charge is 2.22. The van der Waals surface area contributed by atoms with E-state index in [9.17, 15) is 18.1 Å². The average Bonchev–Trinajstić information content (AvgIpc) is 2.74. The quantitative estimate of drug-likeness (QED) is 0.185. The van der Waals surface area contributed by atoms with Gasteiger partial charge >= 0.3 is 0 Å². The zero-order valence-corrected chi connectivity index (χ0v) is 16.9. The maximum Gasteiger partial charge on any atom is 0.296 e. The summed E-state index contributed by atoms with van der Waals surface area (Å²) in [6, 6.07) is 22.1. The van der Waals surface area contributed by atoms with Gasteiger partial charge in [0.2, 0.25) is 0 Å². The van der Waals surface area contributed by atoms with Crippen molar-refractivity contribution in [3.8, 4) is 5.75 Å². The van der Waals surface area contributed by atoms with Gasteiger partial charge < -0.3 is 16.2 Å². The van der Waals surface area contributed by atoms with E-state index in [2.05, 4.69) is 15.5 Å². The number of hydrogen-bond donors (Lipinski definition) is 4. The lowest BCUT2D eigenvalue weighted by Crippen LogP contribution is -1.99. The molecule has 31 heavy (non-hydrogen) atoms. The number of phenolic OH excluding ortho intramolecular Hbond substituents is 1. The minimum absolute atomic E-state index is 0.347. The Morgan fingerprint density at radius 2 is 1.55 bits per heavy atom. The molecule has 9 heteroatoms. The second-order valence-electron chi connectivity index (χ2n) is 6.77. The summed E-state index contributed by atoms with van der Waals surface area (Å²) in [7, 11) is -4.67. The van der Waals surface area contributed by atoms with Crippen LogP contribution in [-0.4, -0.2) is 18.1 Å². The third-order valence-electron chi connectivity index (χ3n) is 4.55. The lowest BCUT2D eigenvalue weighted by Gasteiger charge is -2.11. The summed E-state index contributed by atoms with van der Waals surface area (Å²) in [4.78, 5) is -0.541. The van der Waals surface area contributed by atoms with Gasteiger partial charge in [-0.3, -0.25) is 4.55 Å². The van der Waals surface area contributed by atoms with E-state index in [0.717, 1.165) is 5.69 Å². The largest absolute Gasteiger partial charge is 0.505 e. The minimum atomic E-state index is -4.67. The summed E-state index contributed by atoms with van der Waals surface area (Å²) in [6.45, 7) is 0. The molecule has 0 saturated carbocycles. The third kappa shape index (κ3) is 4.47. The van der Waals surface area contributed by atoms with Gasteiger partial charge in [-0.25, -0.2) is 0 Å². The predicted molar refractivity (Wildman–Crippen MR) is 120 cm³/mol. The van der Waals surface area contributed by atoms with Crippen molar-refractivity contribution in [1.82, 2.24) is 0 Å². The van der Waals surface area contributed by atoms with E-state index < -0.39 is 20.8 Å². The molecule has 0 aliphatic heterocycles. The van der Waals surface area contributed by atoms with Crippen LogP contribution in [0.2, 0.25) is 0 Å². The van der Waals surface area contributed by atoms with Crippen molar-refractivity contribution < 1.29 is 18.1 Å². The van der Waals surface area contributed by atoms with Crippen molar-refractivity contribution >= 4 is 49.3 Å². The number of benzene rings is 4. The van der Waals surface area contributed by atoms with Gasteiger partial charge in [0, 0.05) is 22.4 Å². The fourth-order valence-electron chi connectivity index (χ4n) is 3.05. The van der Waals surface area contributed by atoms with E-state index in [-0.39, 0.29) is 5.69 Å². The molecule has 4 rings (SSSR count). The van der Waals surface area contributed by atoms with Crippen LogP contribution in [0.4, 0.5) is 28.4 Å². The molecule has 0 aliphatic carbocycles. The number of nitrogens with one attached hydrogen (secondary N) is 1. The van der Waals surface area contributed by atoms with Gasteiger partial charge in [0.05, 0.1) is 5.69 Å². The lowest BCUT2D eigenvalue weighted by atomic mass is 10.1. The summed E-state index contributed by atoms with van der Waals surface area (Å²) in [5, 5.41) is 22.7. The maximum absolute atomic E-state index is 11.9. The molecule has 8 nitrogen and oxygen atoms in total. The fourth-order valence-corrected chi connectivity index (χ4v) is 3.71. The summed E-state index contributed by atoms with van der Waals surface area (Å²) >= 11 is 0. The number of nitrogens with zero attached hydrogens (tertiary/aromatic N) is 2. The SMILES string of the molecule is Nc1ccc(N=Nc2c(S(=O)(=O)O)cc3ccc(Nc4ccccc4)cc3c2O)cc1. The number of para-hydroxylation sites is 1. The van der Waals surface area contributed by atoms with Gasteiger partial charge in [0.15, 0.2) is 5.75 Å². The van der Waals surface area contributed by atoms with Gasteiger partial charge in [-0.15, -0.1) is 5.11 Å².